The highest BCUT2D eigenvalue weighted by atomic mass is 32.2. The van der Waals surface area contributed by atoms with Crippen molar-refractivity contribution in [2.45, 2.75) is 39.5 Å². The Morgan fingerprint density at radius 3 is 2.22 bits per heavy atom. The minimum Gasteiger partial charge on any atom is -0.379 e. The van der Waals surface area contributed by atoms with Gasteiger partial charge in [-0.1, -0.05) is 20.3 Å². The summed E-state index contributed by atoms with van der Waals surface area (Å²) in [5.41, 5.74) is 0. The van der Waals surface area contributed by atoms with Crippen LogP contribution in [0.2, 0.25) is 0 Å². The molecule has 0 fully saturated rings. The molecule has 0 aromatic carbocycles. The van der Waals surface area contributed by atoms with Crippen LogP contribution in [0.25, 0.3) is 0 Å². The maximum absolute atomic E-state index is 10.8. The van der Waals surface area contributed by atoms with Crippen LogP contribution >= 0.6 is 0 Å². The first kappa shape index (κ1) is 17.8. The molecule has 0 aromatic rings. The Hall–Kier alpha value is -0.170. The second-order valence-electron chi connectivity index (χ2n) is 4.63. The zero-order valence-electron chi connectivity index (χ0n) is 11.6. The molecule has 110 valence electrons. The quantitative estimate of drug-likeness (QED) is 0.550. The van der Waals surface area contributed by atoms with Crippen LogP contribution in [-0.2, 0) is 19.5 Å². The van der Waals surface area contributed by atoms with E-state index in [4.69, 9.17) is 14.6 Å². The third-order valence-electron chi connectivity index (χ3n) is 2.66. The third kappa shape index (κ3) is 13.9. The fourth-order valence-electron chi connectivity index (χ4n) is 1.36. The van der Waals surface area contributed by atoms with Gasteiger partial charge in [-0.3, -0.25) is 0 Å². The number of hydrogen-bond acceptors (Lipinski definition) is 4. The van der Waals surface area contributed by atoms with Gasteiger partial charge in [0.25, 0.3) is 0 Å². The molecule has 0 radical (unpaired) electrons. The number of hydrogen-bond donors (Lipinski definition) is 1. The summed E-state index contributed by atoms with van der Waals surface area (Å²) in [6.45, 7) is 6.81. The number of rotatable bonds is 12. The van der Waals surface area contributed by atoms with Crippen LogP contribution in [0.5, 0.6) is 0 Å². The molecule has 5 nitrogen and oxygen atoms in total. The summed E-state index contributed by atoms with van der Waals surface area (Å²) in [5.74, 6) is 0.359. The molecular formula is C12H27NO4S. The van der Waals surface area contributed by atoms with Crippen molar-refractivity contribution in [2.24, 2.45) is 11.1 Å². The van der Waals surface area contributed by atoms with Gasteiger partial charge < -0.3 is 9.47 Å². The van der Waals surface area contributed by atoms with E-state index in [0.29, 0.717) is 32.2 Å². The largest absolute Gasteiger partial charge is 0.379 e. The molecule has 0 saturated carbocycles. The van der Waals surface area contributed by atoms with Gasteiger partial charge >= 0.3 is 0 Å². The highest BCUT2D eigenvalue weighted by Gasteiger charge is 2.07. The normalized spacial score (nSPS) is 13.7. The van der Waals surface area contributed by atoms with Crippen LogP contribution in [0.4, 0.5) is 0 Å². The SMILES string of the molecule is CCCCOCCOCCC(C)CCS(N)(=O)=O. The van der Waals surface area contributed by atoms with Gasteiger partial charge in [-0.05, 0) is 25.2 Å². The van der Waals surface area contributed by atoms with Crippen molar-refractivity contribution in [3.8, 4) is 0 Å². The molecular weight excluding hydrogens is 254 g/mol. The molecule has 0 saturated heterocycles. The first-order valence-corrected chi connectivity index (χ1v) is 8.33. The standard InChI is InChI=1S/C12H27NO4S/c1-3-4-7-16-9-10-17-8-5-12(2)6-11-18(13,14)15/h12H,3-11H2,1-2H3,(H2,13,14,15). The molecule has 1 atom stereocenters. The summed E-state index contributed by atoms with van der Waals surface area (Å²) < 4.78 is 32.3. The highest BCUT2D eigenvalue weighted by Crippen LogP contribution is 2.08. The molecule has 18 heavy (non-hydrogen) atoms. The van der Waals surface area contributed by atoms with Gasteiger partial charge in [0.2, 0.25) is 10.0 Å². The number of nitrogens with two attached hydrogens (primary N) is 1. The Labute approximate surface area is 111 Å². The fraction of sp³-hybridized carbons (Fsp3) is 1.00. The maximum atomic E-state index is 10.8. The smallest absolute Gasteiger partial charge is 0.209 e. The molecule has 0 heterocycles. The lowest BCUT2D eigenvalue weighted by molar-refractivity contribution is 0.0424. The van der Waals surface area contributed by atoms with Crippen molar-refractivity contribution in [3.63, 3.8) is 0 Å². The first-order chi connectivity index (χ1) is 8.45. The number of primary sulfonamides is 1. The van der Waals surface area contributed by atoms with Gasteiger partial charge in [0.15, 0.2) is 0 Å². The van der Waals surface area contributed by atoms with Crippen molar-refractivity contribution in [1.82, 2.24) is 0 Å². The first-order valence-electron chi connectivity index (χ1n) is 6.61. The summed E-state index contributed by atoms with van der Waals surface area (Å²) >= 11 is 0. The Kier molecular flexibility index (Phi) is 10.6. The predicted molar refractivity (Wildman–Crippen MR) is 72.9 cm³/mol. The average molecular weight is 281 g/mol. The summed E-state index contributed by atoms with van der Waals surface area (Å²) in [6.07, 6.45) is 3.67. The average Bonchev–Trinajstić information content (AvgIpc) is 2.29. The van der Waals surface area contributed by atoms with E-state index >= 15 is 0 Å². The lowest BCUT2D eigenvalue weighted by Crippen LogP contribution is -2.18. The van der Waals surface area contributed by atoms with Crippen LogP contribution in [0.1, 0.15) is 39.5 Å². The molecule has 0 aromatic heterocycles. The molecule has 2 N–H and O–H groups in total. The van der Waals surface area contributed by atoms with E-state index in [-0.39, 0.29) is 5.75 Å². The molecule has 0 aliphatic carbocycles. The van der Waals surface area contributed by atoms with Crippen molar-refractivity contribution in [2.75, 3.05) is 32.2 Å². The Morgan fingerprint density at radius 2 is 1.67 bits per heavy atom. The summed E-state index contributed by atoms with van der Waals surface area (Å²) in [6, 6.07) is 0. The third-order valence-corrected chi connectivity index (χ3v) is 3.47. The minimum absolute atomic E-state index is 0.0499. The Bertz CT molecular complexity index is 280. The molecule has 1 unspecified atom stereocenters. The molecule has 6 heteroatoms. The Balaban J connectivity index is 3.28. The molecule has 0 spiro atoms. The highest BCUT2D eigenvalue weighted by molar-refractivity contribution is 7.89. The molecule has 0 rings (SSSR count). The van der Waals surface area contributed by atoms with Crippen LogP contribution < -0.4 is 5.14 Å². The van der Waals surface area contributed by atoms with Crippen LogP contribution in [-0.4, -0.2) is 40.6 Å². The lowest BCUT2D eigenvalue weighted by atomic mass is 10.1. The molecule has 0 bridgehead atoms. The topological polar surface area (TPSA) is 78.6 Å². The molecule has 0 amide bonds. The minimum atomic E-state index is -3.33. The molecule has 0 aliphatic heterocycles. The van der Waals surface area contributed by atoms with Gasteiger partial charge in [0, 0.05) is 13.2 Å². The second-order valence-corrected chi connectivity index (χ2v) is 6.36. The second kappa shape index (κ2) is 10.7. The van der Waals surface area contributed by atoms with E-state index in [9.17, 15) is 8.42 Å². The van der Waals surface area contributed by atoms with E-state index in [1.807, 2.05) is 6.92 Å². The summed E-state index contributed by atoms with van der Waals surface area (Å²) in [7, 11) is -3.33. The summed E-state index contributed by atoms with van der Waals surface area (Å²) in [4.78, 5) is 0. The van der Waals surface area contributed by atoms with Gasteiger partial charge in [-0.2, -0.15) is 0 Å². The zero-order valence-corrected chi connectivity index (χ0v) is 12.4. The van der Waals surface area contributed by atoms with Crippen molar-refractivity contribution >= 4 is 10.0 Å². The number of ether oxygens (including phenoxy) is 2. The van der Waals surface area contributed by atoms with Crippen LogP contribution in [0, 0.1) is 5.92 Å². The monoisotopic (exact) mass is 281 g/mol. The van der Waals surface area contributed by atoms with Crippen molar-refractivity contribution in [1.29, 1.82) is 0 Å². The van der Waals surface area contributed by atoms with Crippen molar-refractivity contribution in [3.05, 3.63) is 0 Å². The lowest BCUT2D eigenvalue weighted by Gasteiger charge is -2.11. The number of sulfonamides is 1. The van der Waals surface area contributed by atoms with E-state index in [2.05, 4.69) is 6.92 Å². The van der Waals surface area contributed by atoms with Crippen LogP contribution in [0.15, 0.2) is 0 Å². The number of unbranched alkanes of at least 4 members (excludes halogenated alkanes) is 1. The van der Waals surface area contributed by atoms with Crippen molar-refractivity contribution < 1.29 is 17.9 Å². The maximum Gasteiger partial charge on any atom is 0.209 e. The zero-order chi connectivity index (χ0) is 13.9. The fourth-order valence-corrected chi connectivity index (χ4v) is 2.09. The van der Waals surface area contributed by atoms with E-state index in [1.165, 1.54) is 0 Å². The van der Waals surface area contributed by atoms with E-state index < -0.39 is 10.0 Å². The van der Waals surface area contributed by atoms with Gasteiger partial charge in [0.05, 0.1) is 19.0 Å². The molecule has 0 aliphatic rings. The van der Waals surface area contributed by atoms with E-state index in [0.717, 1.165) is 25.9 Å². The van der Waals surface area contributed by atoms with Gasteiger partial charge in [0.1, 0.15) is 0 Å². The van der Waals surface area contributed by atoms with Gasteiger partial charge in [-0.15, -0.1) is 0 Å². The van der Waals surface area contributed by atoms with Gasteiger partial charge in [-0.25, -0.2) is 13.6 Å². The van der Waals surface area contributed by atoms with Crippen LogP contribution in [0.3, 0.4) is 0 Å². The Morgan fingerprint density at radius 1 is 1.06 bits per heavy atom. The van der Waals surface area contributed by atoms with E-state index in [1.54, 1.807) is 0 Å². The predicted octanol–water partition coefficient (Wildman–Crippen LogP) is 1.52. The summed E-state index contributed by atoms with van der Waals surface area (Å²) in [5, 5.41) is 4.94.